The average Bonchev–Trinajstić information content (AvgIpc) is 2.66. The van der Waals surface area contributed by atoms with Crippen molar-refractivity contribution in [3.05, 3.63) is 10.6 Å². The number of nitrogens with one attached hydrogen (secondary N) is 1. The van der Waals surface area contributed by atoms with Crippen LogP contribution in [0.15, 0.2) is 0 Å². The molecular formula is C9H18N4S. The molecule has 1 aromatic rings. The standard InChI is InChI=1S/C9H18N4S/c1-4-6(3)8(11-10)9-7(5-2)12-13-14-9/h6,8,11H,4-5,10H2,1-3H3. The highest BCUT2D eigenvalue weighted by atomic mass is 32.1. The second-order valence-corrected chi connectivity index (χ2v) is 4.25. The predicted octanol–water partition coefficient (Wildman–Crippen LogP) is 1.65. The van der Waals surface area contributed by atoms with Crippen molar-refractivity contribution in [2.24, 2.45) is 11.8 Å². The van der Waals surface area contributed by atoms with E-state index >= 15 is 0 Å². The van der Waals surface area contributed by atoms with Crippen LogP contribution in [0.25, 0.3) is 0 Å². The van der Waals surface area contributed by atoms with Crippen LogP contribution >= 0.6 is 11.5 Å². The van der Waals surface area contributed by atoms with Crippen LogP contribution in [0.3, 0.4) is 0 Å². The quantitative estimate of drug-likeness (QED) is 0.578. The van der Waals surface area contributed by atoms with E-state index in [0.29, 0.717) is 5.92 Å². The SMILES string of the molecule is CCc1nnsc1C(NN)C(C)CC. The molecule has 0 aromatic carbocycles. The van der Waals surface area contributed by atoms with Gasteiger partial charge < -0.3 is 0 Å². The first-order valence-corrected chi connectivity index (χ1v) is 5.79. The molecule has 5 heteroatoms. The van der Waals surface area contributed by atoms with Crippen LogP contribution in [0.2, 0.25) is 0 Å². The first-order valence-electron chi connectivity index (χ1n) is 5.01. The van der Waals surface area contributed by atoms with E-state index in [-0.39, 0.29) is 6.04 Å². The summed E-state index contributed by atoms with van der Waals surface area (Å²) in [6.07, 6.45) is 2.01. The van der Waals surface area contributed by atoms with Gasteiger partial charge in [0.2, 0.25) is 0 Å². The molecule has 14 heavy (non-hydrogen) atoms. The summed E-state index contributed by atoms with van der Waals surface area (Å²) < 4.78 is 3.97. The van der Waals surface area contributed by atoms with Gasteiger partial charge in [0, 0.05) is 0 Å². The van der Waals surface area contributed by atoms with Gasteiger partial charge in [-0.15, -0.1) is 5.10 Å². The Morgan fingerprint density at radius 2 is 2.21 bits per heavy atom. The number of hydrogen-bond donors (Lipinski definition) is 2. The molecule has 0 saturated heterocycles. The second kappa shape index (κ2) is 5.38. The molecule has 1 rings (SSSR count). The van der Waals surface area contributed by atoms with Crippen molar-refractivity contribution in [3.8, 4) is 0 Å². The molecule has 80 valence electrons. The van der Waals surface area contributed by atoms with Crippen LogP contribution in [0.4, 0.5) is 0 Å². The zero-order chi connectivity index (χ0) is 10.6. The van der Waals surface area contributed by atoms with E-state index in [1.807, 2.05) is 0 Å². The minimum Gasteiger partial charge on any atom is -0.271 e. The molecule has 4 nitrogen and oxygen atoms in total. The highest BCUT2D eigenvalue weighted by Crippen LogP contribution is 2.28. The Kier molecular flexibility index (Phi) is 4.44. The monoisotopic (exact) mass is 214 g/mol. The zero-order valence-corrected chi connectivity index (χ0v) is 9.77. The van der Waals surface area contributed by atoms with E-state index in [4.69, 9.17) is 5.84 Å². The molecule has 3 N–H and O–H groups in total. The molecule has 2 unspecified atom stereocenters. The minimum absolute atomic E-state index is 0.190. The van der Waals surface area contributed by atoms with Gasteiger partial charge in [-0.25, -0.2) is 0 Å². The van der Waals surface area contributed by atoms with E-state index < -0.39 is 0 Å². The van der Waals surface area contributed by atoms with Crippen molar-refractivity contribution < 1.29 is 0 Å². The lowest BCUT2D eigenvalue weighted by Gasteiger charge is -2.20. The number of hydrazine groups is 1. The summed E-state index contributed by atoms with van der Waals surface area (Å²) in [6.45, 7) is 6.43. The van der Waals surface area contributed by atoms with Gasteiger partial charge in [0.1, 0.15) is 0 Å². The predicted molar refractivity (Wildman–Crippen MR) is 58.8 cm³/mol. The fraction of sp³-hybridized carbons (Fsp3) is 0.778. The van der Waals surface area contributed by atoms with Crippen LogP contribution < -0.4 is 11.3 Å². The fourth-order valence-corrected chi connectivity index (χ4v) is 2.36. The topological polar surface area (TPSA) is 63.8 Å². The number of rotatable bonds is 5. The summed E-state index contributed by atoms with van der Waals surface area (Å²) in [5.41, 5.74) is 3.93. The number of nitrogens with two attached hydrogens (primary N) is 1. The highest BCUT2D eigenvalue weighted by molar-refractivity contribution is 7.05. The molecule has 1 aromatic heterocycles. The highest BCUT2D eigenvalue weighted by Gasteiger charge is 2.21. The van der Waals surface area contributed by atoms with Crippen LogP contribution in [0.5, 0.6) is 0 Å². The van der Waals surface area contributed by atoms with Gasteiger partial charge in [-0.3, -0.25) is 11.3 Å². The maximum absolute atomic E-state index is 5.57. The third kappa shape index (κ3) is 2.29. The van der Waals surface area contributed by atoms with Gasteiger partial charge in [0.25, 0.3) is 0 Å². The Balaban J connectivity index is 2.88. The summed E-state index contributed by atoms with van der Waals surface area (Å²) in [4.78, 5) is 1.18. The normalized spacial score (nSPS) is 15.4. The summed E-state index contributed by atoms with van der Waals surface area (Å²) in [5, 5.41) is 4.09. The van der Waals surface area contributed by atoms with Crippen LogP contribution in [0, 0.1) is 5.92 Å². The molecule has 0 spiro atoms. The van der Waals surface area contributed by atoms with Crippen molar-refractivity contribution in [2.45, 2.75) is 39.7 Å². The molecule has 0 aliphatic heterocycles. The number of aryl methyl sites for hydroxylation is 1. The molecular weight excluding hydrogens is 196 g/mol. The lowest BCUT2D eigenvalue weighted by molar-refractivity contribution is 0.386. The van der Waals surface area contributed by atoms with Crippen molar-refractivity contribution in [2.75, 3.05) is 0 Å². The molecule has 0 bridgehead atoms. The van der Waals surface area contributed by atoms with E-state index in [2.05, 4.69) is 35.8 Å². The van der Waals surface area contributed by atoms with Gasteiger partial charge in [-0.2, -0.15) is 0 Å². The third-order valence-corrected chi connectivity index (χ3v) is 3.44. The Labute approximate surface area is 89.0 Å². The minimum atomic E-state index is 0.190. The summed E-state index contributed by atoms with van der Waals surface area (Å²) >= 11 is 1.45. The van der Waals surface area contributed by atoms with Crippen LogP contribution in [0.1, 0.15) is 43.8 Å². The molecule has 0 saturated carbocycles. The van der Waals surface area contributed by atoms with Crippen molar-refractivity contribution >= 4 is 11.5 Å². The molecule has 0 aliphatic carbocycles. The smallest absolute Gasteiger partial charge is 0.0801 e. The van der Waals surface area contributed by atoms with Crippen LogP contribution in [-0.2, 0) is 6.42 Å². The number of hydrogen-bond acceptors (Lipinski definition) is 5. The third-order valence-electron chi connectivity index (χ3n) is 2.60. The van der Waals surface area contributed by atoms with Gasteiger partial charge in [-0.1, -0.05) is 31.7 Å². The molecule has 0 fully saturated rings. The lowest BCUT2D eigenvalue weighted by atomic mass is 9.97. The maximum atomic E-state index is 5.57. The Hall–Kier alpha value is -0.520. The zero-order valence-electron chi connectivity index (χ0n) is 8.95. The average molecular weight is 214 g/mol. The first kappa shape index (κ1) is 11.6. The van der Waals surface area contributed by atoms with Crippen molar-refractivity contribution in [1.29, 1.82) is 0 Å². The molecule has 1 heterocycles. The number of nitrogens with zero attached hydrogens (tertiary/aromatic N) is 2. The molecule has 0 radical (unpaired) electrons. The van der Waals surface area contributed by atoms with E-state index in [1.165, 1.54) is 16.4 Å². The van der Waals surface area contributed by atoms with E-state index in [9.17, 15) is 0 Å². The Morgan fingerprint density at radius 1 is 1.50 bits per heavy atom. The molecule has 2 atom stereocenters. The second-order valence-electron chi connectivity index (χ2n) is 3.47. The fourth-order valence-electron chi connectivity index (χ4n) is 1.43. The van der Waals surface area contributed by atoms with Crippen molar-refractivity contribution in [3.63, 3.8) is 0 Å². The first-order chi connectivity index (χ1) is 6.74. The lowest BCUT2D eigenvalue weighted by Crippen LogP contribution is -2.32. The van der Waals surface area contributed by atoms with Gasteiger partial charge in [-0.05, 0) is 23.9 Å². The number of aromatic nitrogens is 2. The van der Waals surface area contributed by atoms with Gasteiger partial charge in [0.15, 0.2) is 0 Å². The summed E-state index contributed by atoms with van der Waals surface area (Å²) in [6, 6.07) is 0.190. The summed E-state index contributed by atoms with van der Waals surface area (Å²) in [7, 11) is 0. The van der Waals surface area contributed by atoms with Gasteiger partial charge in [0.05, 0.1) is 16.6 Å². The molecule has 0 aliphatic rings. The summed E-state index contributed by atoms with van der Waals surface area (Å²) in [5.74, 6) is 6.07. The van der Waals surface area contributed by atoms with E-state index in [1.54, 1.807) is 0 Å². The molecule has 0 amide bonds. The Morgan fingerprint density at radius 3 is 2.71 bits per heavy atom. The van der Waals surface area contributed by atoms with Crippen molar-refractivity contribution in [1.82, 2.24) is 15.0 Å². The van der Waals surface area contributed by atoms with Gasteiger partial charge >= 0.3 is 0 Å². The van der Waals surface area contributed by atoms with E-state index in [0.717, 1.165) is 18.5 Å². The maximum Gasteiger partial charge on any atom is 0.0801 e. The largest absolute Gasteiger partial charge is 0.271 e. The Bertz CT molecular complexity index is 274. The van der Waals surface area contributed by atoms with Crippen LogP contribution in [-0.4, -0.2) is 9.59 Å².